The van der Waals surface area contributed by atoms with Crippen LogP contribution in [0, 0.1) is 0 Å². The molecule has 0 bridgehead atoms. The van der Waals surface area contributed by atoms with Crippen LogP contribution in [0.15, 0.2) is 46.3 Å². The van der Waals surface area contributed by atoms with Crippen LogP contribution in [0.4, 0.5) is 5.69 Å². The molecular weight excluding hydrogens is 364 g/mol. The van der Waals surface area contributed by atoms with Crippen molar-refractivity contribution >= 4 is 16.6 Å². The van der Waals surface area contributed by atoms with E-state index < -0.39 is 0 Å². The number of hydrogen-bond acceptors (Lipinski definition) is 4. The lowest BCUT2D eigenvalue weighted by Crippen LogP contribution is -2.25. The number of benzene rings is 1. The predicted octanol–water partition coefficient (Wildman–Crippen LogP) is 5.46. The van der Waals surface area contributed by atoms with E-state index in [4.69, 9.17) is 15.2 Å². The van der Waals surface area contributed by atoms with Gasteiger partial charge in [0.1, 0.15) is 6.61 Å². The molecule has 0 saturated heterocycles. The van der Waals surface area contributed by atoms with Gasteiger partial charge in [0.2, 0.25) is 5.75 Å². The lowest BCUT2D eigenvalue weighted by molar-refractivity contribution is 0.222. The molecule has 0 unspecified atom stereocenters. The predicted molar refractivity (Wildman–Crippen MR) is 122 cm³/mol. The topological polar surface area (TPSA) is 66.5 Å². The Morgan fingerprint density at radius 2 is 1.90 bits per heavy atom. The highest BCUT2D eigenvalue weighted by molar-refractivity contribution is 5.90. The Kier molecular flexibility index (Phi) is 7.94. The second kappa shape index (κ2) is 10.2. The van der Waals surface area contributed by atoms with Crippen molar-refractivity contribution in [3.8, 4) is 11.5 Å². The lowest BCUT2D eigenvalue weighted by Gasteiger charge is -2.19. The molecule has 1 aromatic heterocycles. The largest absolute Gasteiger partial charge is 0.485 e. The SMILES string of the molecule is CCn1c(=O)c(OC(C)C)c(OCC=C(C)CCC=C(C)C)c2ccc(N)cc21. The summed E-state index contributed by atoms with van der Waals surface area (Å²) < 4.78 is 13.7. The number of allylic oxidation sites excluding steroid dienone is 3. The Bertz CT molecular complexity index is 964. The van der Waals surface area contributed by atoms with E-state index in [2.05, 4.69) is 32.9 Å². The van der Waals surface area contributed by atoms with Crippen LogP contribution >= 0.6 is 0 Å². The Morgan fingerprint density at radius 1 is 1.17 bits per heavy atom. The van der Waals surface area contributed by atoms with E-state index in [1.54, 1.807) is 4.57 Å². The van der Waals surface area contributed by atoms with Crippen LogP contribution in [0.1, 0.15) is 54.4 Å². The number of aryl methyl sites for hydroxylation is 1. The van der Waals surface area contributed by atoms with Gasteiger partial charge in [-0.3, -0.25) is 4.79 Å². The maximum atomic E-state index is 13.1. The second-order valence-corrected chi connectivity index (χ2v) is 7.83. The molecule has 0 amide bonds. The highest BCUT2D eigenvalue weighted by Crippen LogP contribution is 2.34. The number of nitrogens with two attached hydrogens (primary N) is 1. The van der Waals surface area contributed by atoms with Crippen LogP contribution in [0.2, 0.25) is 0 Å². The van der Waals surface area contributed by atoms with Crippen LogP contribution in [0.5, 0.6) is 11.5 Å². The molecule has 0 aliphatic rings. The fraction of sp³-hybridized carbons (Fsp3) is 0.458. The summed E-state index contributed by atoms with van der Waals surface area (Å²) in [6.07, 6.45) is 6.16. The van der Waals surface area contributed by atoms with E-state index in [0.717, 1.165) is 23.7 Å². The molecule has 1 aromatic carbocycles. The van der Waals surface area contributed by atoms with Gasteiger partial charge in [0.15, 0.2) is 5.75 Å². The zero-order valence-electron chi connectivity index (χ0n) is 18.5. The van der Waals surface area contributed by atoms with Crippen LogP contribution in [-0.4, -0.2) is 17.3 Å². The van der Waals surface area contributed by atoms with E-state index in [0.29, 0.717) is 24.6 Å². The van der Waals surface area contributed by atoms with E-state index >= 15 is 0 Å². The average Bonchev–Trinajstić information content (AvgIpc) is 2.63. The van der Waals surface area contributed by atoms with Gasteiger partial charge in [-0.15, -0.1) is 0 Å². The van der Waals surface area contributed by atoms with Gasteiger partial charge in [-0.05, 0) is 78.7 Å². The molecule has 0 fully saturated rings. The van der Waals surface area contributed by atoms with Gasteiger partial charge in [0.05, 0.1) is 11.6 Å². The quantitative estimate of drug-likeness (QED) is 0.450. The molecular formula is C24H34N2O3. The first-order valence-electron chi connectivity index (χ1n) is 10.3. The number of nitrogens with zero attached hydrogens (tertiary/aromatic N) is 1. The van der Waals surface area contributed by atoms with Crippen LogP contribution in [-0.2, 0) is 6.54 Å². The minimum Gasteiger partial charge on any atom is -0.485 e. The normalized spacial score (nSPS) is 11.8. The van der Waals surface area contributed by atoms with E-state index in [1.807, 2.05) is 39.0 Å². The summed E-state index contributed by atoms with van der Waals surface area (Å²) in [7, 11) is 0. The van der Waals surface area contributed by atoms with Crippen molar-refractivity contribution in [3.05, 3.63) is 51.9 Å². The van der Waals surface area contributed by atoms with Gasteiger partial charge < -0.3 is 19.8 Å². The molecule has 0 saturated carbocycles. The molecule has 0 spiro atoms. The zero-order valence-corrected chi connectivity index (χ0v) is 18.5. The first-order valence-corrected chi connectivity index (χ1v) is 10.3. The highest BCUT2D eigenvalue weighted by atomic mass is 16.5. The molecule has 1 heterocycles. The van der Waals surface area contributed by atoms with Crippen LogP contribution in [0.3, 0.4) is 0 Å². The molecule has 2 aromatic rings. The van der Waals surface area contributed by atoms with Crippen LogP contribution < -0.4 is 20.8 Å². The summed E-state index contributed by atoms with van der Waals surface area (Å²) in [6, 6.07) is 5.52. The number of hydrogen-bond donors (Lipinski definition) is 1. The smallest absolute Gasteiger partial charge is 0.297 e. The van der Waals surface area contributed by atoms with Gasteiger partial charge in [-0.2, -0.15) is 0 Å². The van der Waals surface area contributed by atoms with Gasteiger partial charge in [-0.1, -0.05) is 17.2 Å². The number of pyridine rings is 1. The third-order valence-electron chi connectivity index (χ3n) is 4.62. The molecule has 0 atom stereocenters. The fourth-order valence-corrected chi connectivity index (χ4v) is 3.17. The summed E-state index contributed by atoms with van der Waals surface area (Å²) in [4.78, 5) is 13.1. The van der Waals surface area contributed by atoms with E-state index in [9.17, 15) is 4.79 Å². The molecule has 158 valence electrons. The van der Waals surface area contributed by atoms with Crippen LogP contribution in [0.25, 0.3) is 10.9 Å². The molecule has 5 nitrogen and oxygen atoms in total. The first kappa shape index (κ1) is 22.6. The molecule has 0 radical (unpaired) electrons. The number of rotatable bonds is 9. The Hall–Kier alpha value is -2.69. The van der Waals surface area contributed by atoms with Crippen molar-refractivity contribution in [1.82, 2.24) is 4.57 Å². The van der Waals surface area contributed by atoms with Crippen molar-refractivity contribution in [1.29, 1.82) is 0 Å². The molecule has 29 heavy (non-hydrogen) atoms. The van der Waals surface area contributed by atoms with Crippen molar-refractivity contribution in [2.24, 2.45) is 0 Å². The molecule has 5 heteroatoms. The van der Waals surface area contributed by atoms with E-state index in [-0.39, 0.29) is 17.4 Å². The monoisotopic (exact) mass is 398 g/mol. The van der Waals surface area contributed by atoms with Crippen molar-refractivity contribution in [2.45, 2.75) is 67.0 Å². The number of aromatic nitrogens is 1. The first-order chi connectivity index (χ1) is 13.7. The second-order valence-electron chi connectivity index (χ2n) is 7.83. The van der Waals surface area contributed by atoms with Gasteiger partial charge in [-0.25, -0.2) is 0 Å². The van der Waals surface area contributed by atoms with Crippen molar-refractivity contribution in [3.63, 3.8) is 0 Å². The third-order valence-corrected chi connectivity index (χ3v) is 4.62. The highest BCUT2D eigenvalue weighted by Gasteiger charge is 2.20. The van der Waals surface area contributed by atoms with Crippen molar-refractivity contribution in [2.75, 3.05) is 12.3 Å². The number of ether oxygens (including phenoxy) is 2. The maximum absolute atomic E-state index is 13.1. The minimum absolute atomic E-state index is 0.136. The summed E-state index contributed by atoms with van der Waals surface area (Å²) in [5.41, 5.74) is 9.72. The Balaban J connectivity index is 2.42. The standard InChI is InChI=1S/C24H34N2O3/c1-7-26-21-15-19(25)11-12-20(21)22(23(24(26)27)29-17(4)5)28-14-13-18(6)10-8-9-16(2)3/h9,11-13,15,17H,7-8,10,14,25H2,1-6H3. The molecule has 2 N–H and O–H groups in total. The van der Waals surface area contributed by atoms with Gasteiger partial charge in [0.25, 0.3) is 5.56 Å². The summed E-state index contributed by atoms with van der Waals surface area (Å²) in [5, 5.41) is 0.826. The average molecular weight is 399 g/mol. The molecule has 0 aliphatic carbocycles. The number of nitrogen functional groups attached to an aromatic ring is 1. The zero-order chi connectivity index (χ0) is 21.6. The van der Waals surface area contributed by atoms with E-state index in [1.165, 1.54) is 11.1 Å². The summed E-state index contributed by atoms with van der Waals surface area (Å²) >= 11 is 0. The number of anilines is 1. The fourth-order valence-electron chi connectivity index (χ4n) is 3.17. The minimum atomic E-state index is -0.196. The molecule has 0 aliphatic heterocycles. The summed E-state index contributed by atoms with van der Waals surface area (Å²) in [6.45, 7) is 13.0. The molecule has 2 rings (SSSR count). The maximum Gasteiger partial charge on any atom is 0.297 e. The third kappa shape index (κ3) is 5.89. The Labute approximate surface area is 173 Å². The van der Waals surface area contributed by atoms with Gasteiger partial charge in [0, 0.05) is 17.6 Å². The Morgan fingerprint density at radius 3 is 2.52 bits per heavy atom. The lowest BCUT2D eigenvalue weighted by atomic mass is 10.1. The van der Waals surface area contributed by atoms with Crippen molar-refractivity contribution < 1.29 is 9.47 Å². The van der Waals surface area contributed by atoms with Gasteiger partial charge >= 0.3 is 0 Å². The number of fused-ring (bicyclic) bond motifs is 1. The summed E-state index contributed by atoms with van der Waals surface area (Å²) in [5.74, 6) is 0.742.